The number of hydrogen-bond donors (Lipinski definition) is 4. The summed E-state index contributed by atoms with van der Waals surface area (Å²) in [6.07, 6.45) is 12.5. The Hall–Kier alpha value is -4.55. The third-order valence-electron chi connectivity index (χ3n) is 12.6. The number of allylic oxidation sites excluding steroid dienone is 7. The number of ketones is 2. The number of benzene rings is 1. The zero-order valence-corrected chi connectivity index (χ0v) is 35.3. The Morgan fingerprint density at radius 2 is 1.65 bits per heavy atom. The maximum Gasteiger partial charge on any atom is 0.302 e. The molecule has 1 aromatic rings. The van der Waals surface area contributed by atoms with Crippen molar-refractivity contribution in [3.63, 3.8) is 0 Å². The van der Waals surface area contributed by atoms with E-state index < -0.39 is 29.9 Å². The molecule has 4 heterocycles. The standard InChI is InChI=1S/C45H62N4O8/c1-23-14-13-16-25(3)45(55)48-39-38(47-30-21-31-18-19-32(22-30)49(31)9)37(46-8)35-34(44(56-10)28(6)41(53)36(35)42(39)54)33(51)17-12-11-15-24(2)43(57-29(7)50)27(5)40(52)26(4)20-23/h11-14,16,23-24,26-27,30-32,40,43,47,52-53H,15,17-22H2,1-10H3,(H,48,55)/b12-11+,14-13+,25-16-,46-37?/t23-,24+,26+,27+,30?,31?,32?,40+,43+/m0/s1. The minimum absolute atomic E-state index is 0.0418. The van der Waals surface area contributed by atoms with Crippen molar-refractivity contribution in [2.24, 2.45) is 28.7 Å². The number of aliphatic imine (C=N–C) groups is 1. The van der Waals surface area contributed by atoms with Gasteiger partial charge in [-0.15, -0.1) is 0 Å². The summed E-state index contributed by atoms with van der Waals surface area (Å²) in [4.78, 5) is 62.4. The summed E-state index contributed by atoms with van der Waals surface area (Å²) in [5.41, 5.74) is 1.21. The molecule has 4 aliphatic heterocycles. The van der Waals surface area contributed by atoms with Crippen LogP contribution in [0.3, 0.4) is 0 Å². The van der Waals surface area contributed by atoms with Gasteiger partial charge in [0, 0.05) is 61.1 Å². The van der Waals surface area contributed by atoms with Crippen LogP contribution in [0.4, 0.5) is 0 Å². The van der Waals surface area contributed by atoms with Crippen LogP contribution in [0.15, 0.2) is 52.3 Å². The van der Waals surface area contributed by atoms with Crippen molar-refractivity contribution in [1.29, 1.82) is 0 Å². The van der Waals surface area contributed by atoms with E-state index in [9.17, 15) is 29.4 Å². The highest BCUT2D eigenvalue weighted by molar-refractivity contribution is 6.33. The van der Waals surface area contributed by atoms with Gasteiger partial charge in [-0.25, -0.2) is 0 Å². The van der Waals surface area contributed by atoms with Crippen molar-refractivity contribution in [2.75, 3.05) is 21.2 Å². The molecule has 12 heteroatoms. The molecule has 57 heavy (non-hydrogen) atoms. The van der Waals surface area contributed by atoms with Gasteiger partial charge in [-0.05, 0) is 77.2 Å². The molecule has 0 aromatic heterocycles. The lowest BCUT2D eigenvalue weighted by Gasteiger charge is -2.38. The Morgan fingerprint density at radius 1 is 0.982 bits per heavy atom. The number of aromatic hydroxyl groups is 1. The van der Waals surface area contributed by atoms with E-state index in [2.05, 4.69) is 27.6 Å². The first kappa shape index (κ1) is 43.6. The average molecular weight is 787 g/mol. The summed E-state index contributed by atoms with van der Waals surface area (Å²) in [6.45, 7) is 12.5. The number of phenols is 1. The number of nitrogens with zero attached hydrogens (tertiary/aromatic N) is 2. The Kier molecular flexibility index (Phi) is 14.0. The van der Waals surface area contributed by atoms with Crippen LogP contribution in [0.25, 0.3) is 0 Å². The molecule has 6 bridgehead atoms. The van der Waals surface area contributed by atoms with Gasteiger partial charge in [-0.3, -0.25) is 24.2 Å². The molecule has 1 aromatic carbocycles. The van der Waals surface area contributed by atoms with E-state index in [1.165, 1.54) is 14.0 Å². The monoisotopic (exact) mass is 786 g/mol. The molecular weight excluding hydrogens is 725 g/mol. The summed E-state index contributed by atoms with van der Waals surface area (Å²) in [6, 6.07) is 0.698. The van der Waals surface area contributed by atoms with Crippen molar-refractivity contribution in [2.45, 2.75) is 124 Å². The van der Waals surface area contributed by atoms with Crippen LogP contribution in [0.5, 0.6) is 11.5 Å². The van der Waals surface area contributed by atoms with Crippen molar-refractivity contribution < 1.29 is 38.9 Å². The lowest BCUT2D eigenvalue weighted by molar-refractivity contribution is -0.156. The van der Waals surface area contributed by atoms with E-state index in [1.54, 1.807) is 39.1 Å². The van der Waals surface area contributed by atoms with Gasteiger partial charge in [0.05, 0.1) is 35.7 Å². The van der Waals surface area contributed by atoms with Gasteiger partial charge in [0.2, 0.25) is 5.78 Å². The minimum Gasteiger partial charge on any atom is -0.507 e. The number of phenolic OH excluding ortho intramolecular Hbond substituents is 1. The second-order valence-corrected chi connectivity index (χ2v) is 16.8. The number of ether oxygens (including phenoxy) is 2. The number of methoxy groups -OCH3 is 1. The second-order valence-electron chi connectivity index (χ2n) is 16.8. The smallest absolute Gasteiger partial charge is 0.302 e. The summed E-state index contributed by atoms with van der Waals surface area (Å²) in [5, 5.41) is 29.6. The maximum atomic E-state index is 14.8. The maximum absolute atomic E-state index is 14.8. The van der Waals surface area contributed by atoms with Crippen LogP contribution in [0.1, 0.15) is 118 Å². The Balaban J connectivity index is 1.65. The molecule has 5 aliphatic rings. The number of esters is 1. The molecule has 8 atom stereocenters. The van der Waals surface area contributed by atoms with E-state index in [0.29, 0.717) is 36.2 Å². The highest BCUT2D eigenvalue weighted by Gasteiger charge is 2.43. The number of Topliss-reactive ketones (excluding diaryl/α,β-unsaturated/α-hetero) is 2. The number of amides is 1. The Labute approximate surface area is 337 Å². The predicted molar refractivity (Wildman–Crippen MR) is 221 cm³/mol. The highest BCUT2D eigenvalue weighted by Crippen LogP contribution is 2.44. The number of piperidine rings is 1. The van der Waals surface area contributed by atoms with Gasteiger partial charge < -0.3 is 35.2 Å². The summed E-state index contributed by atoms with van der Waals surface area (Å²) in [7, 11) is 5.13. The van der Waals surface area contributed by atoms with Crippen LogP contribution < -0.4 is 15.4 Å². The quantitative estimate of drug-likeness (QED) is 0.206. The van der Waals surface area contributed by atoms with Crippen LogP contribution in [0, 0.1) is 30.6 Å². The van der Waals surface area contributed by atoms with E-state index in [1.807, 2.05) is 39.8 Å². The van der Waals surface area contributed by atoms with Crippen LogP contribution in [-0.2, 0) is 14.3 Å². The summed E-state index contributed by atoms with van der Waals surface area (Å²) >= 11 is 0. The van der Waals surface area contributed by atoms with Crippen molar-refractivity contribution in [1.82, 2.24) is 15.5 Å². The molecular formula is C45H62N4O8. The van der Waals surface area contributed by atoms with Gasteiger partial charge in [-0.1, -0.05) is 58.1 Å². The SMILES string of the molecule is CN=C1C(NC2CC3CCC(C2)N3C)=C2NC(=O)/C(C)=C\C=C\[C@H](C)C[C@@H](C)[C@@H](O)[C@@H](C)[C@H](OC(C)=O)[C@H](C)C/C=C/CC(=O)c3c(OC)c(C)c(O)c(c31)C2=O. The number of aliphatic hydroxyl groups excluding tert-OH is 1. The zero-order valence-electron chi connectivity index (χ0n) is 35.3. The summed E-state index contributed by atoms with van der Waals surface area (Å²) < 4.78 is 11.6. The molecule has 6 rings (SSSR count). The van der Waals surface area contributed by atoms with Crippen LogP contribution in [0.2, 0.25) is 0 Å². The van der Waals surface area contributed by atoms with Crippen molar-refractivity contribution in [3.05, 3.63) is 69.6 Å². The van der Waals surface area contributed by atoms with Crippen LogP contribution in [-0.4, -0.2) is 95.8 Å². The molecule has 1 aliphatic carbocycles. The molecule has 4 N–H and O–H groups in total. The van der Waals surface area contributed by atoms with Gasteiger partial charge in [0.1, 0.15) is 23.3 Å². The van der Waals surface area contributed by atoms with Crippen molar-refractivity contribution >= 4 is 29.2 Å². The fourth-order valence-corrected chi connectivity index (χ4v) is 9.38. The second kappa shape index (κ2) is 18.4. The molecule has 2 saturated heterocycles. The first-order chi connectivity index (χ1) is 27.0. The molecule has 2 unspecified atom stereocenters. The van der Waals surface area contributed by atoms with E-state index in [4.69, 9.17) is 9.47 Å². The number of carbonyl (C=O) groups excluding carboxylic acids is 4. The average Bonchev–Trinajstić information content (AvgIpc) is 3.35. The predicted octanol–water partition coefficient (Wildman–Crippen LogP) is 6.13. The van der Waals surface area contributed by atoms with E-state index >= 15 is 0 Å². The fraction of sp³-hybridized carbons (Fsp3) is 0.578. The topological polar surface area (TPSA) is 167 Å². The molecule has 12 nitrogen and oxygen atoms in total. The first-order valence-electron chi connectivity index (χ1n) is 20.4. The van der Waals surface area contributed by atoms with E-state index in [0.717, 1.165) is 25.7 Å². The highest BCUT2D eigenvalue weighted by atomic mass is 16.5. The Morgan fingerprint density at radius 3 is 2.26 bits per heavy atom. The molecule has 310 valence electrons. The number of fused-ring (bicyclic) bond motifs is 17. The lowest BCUT2D eigenvalue weighted by Crippen LogP contribution is -2.49. The molecule has 0 radical (unpaired) electrons. The zero-order chi connectivity index (χ0) is 41.9. The van der Waals surface area contributed by atoms with Crippen molar-refractivity contribution in [3.8, 4) is 11.5 Å². The molecule has 2 fully saturated rings. The normalized spacial score (nSPS) is 33.4. The third-order valence-corrected chi connectivity index (χ3v) is 12.6. The lowest BCUT2D eigenvalue weighted by atomic mass is 9.80. The van der Waals surface area contributed by atoms with Gasteiger partial charge in [0.25, 0.3) is 5.91 Å². The van der Waals surface area contributed by atoms with Gasteiger partial charge in [-0.2, -0.15) is 0 Å². The number of aliphatic hydroxyl groups is 1. The number of carbonyl (C=O) groups is 4. The molecule has 1 amide bonds. The van der Waals surface area contributed by atoms with Crippen LogP contribution >= 0.6 is 0 Å². The molecule has 0 saturated carbocycles. The summed E-state index contributed by atoms with van der Waals surface area (Å²) in [5.74, 6) is -2.81. The fourth-order valence-electron chi connectivity index (χ4n) is 9.38. The minimum atomic E-state index is -0.757. The number of nitrogens with one attached hydrogen (secondary N) is 2. The largest absolute Gasteiger partial charge is 0.507 e. The molecule has 0 spiro atoms. The first-order valence-corrected chi connectivity index (χ1v) is 20.4. The van der Waals surface area contributed by atoms with E-state index in [-0.39, 0.29) is 87.1 Å². The van der Waals surface area contributed by atoms with Gasteiger partial charge >= 0.3 is 5.97 Å². The Bertz CT molecular complexity index is 1900. The third kappa shape index (κ3) is 9.12. The van der Waals surface area contributed by atoms with Gasteiger partial charge in [0.15, 0.2) is 5.78 Å². The number of rotatable bonds is 4. The number of hydrogen-bond acceptors (Lipinski definition) is 11.